The fraction of sp³-hybridized carbons (Fsp3) is 0.500. The molecule has 3 nitrogen and oxygen atoms in total. The molecule has 2 N–H and O–H groups in total. The topological polar surface area (TPSA) is 38.5 Å². The Balaban J connectivity index is 2.03. The molecule has 1 aliphatic rings. The van der Waals surface area contributed by atoms with Gasteiger partial charge in [-0.3, -0.25) is 0 Å². The summed E-state index contributed by atoms with van der Waals surface area (Å²) in [5.41, 5.74) is 5.80. The molecular formula is C12H16F3N2OS+. The first kappa shape index (κ1) is 14.5. The van der Waals surface area contributed by atoms with Gasteiger partial charge in [-0.15, -0.1) is 17.5 Å². The average Bonchev–Trinajstić information content (AvgIpc) is 2.33. The monoisotopic (exact) mass is 293 g/mol. The summed E-state index contributed by atoms with van der Waals surface area (Å²) in [5.74, 6) is -0.133. The molecular weight excluding hydrogens is 277 g/mol. The number of hydrogen-bond acceptors (Lipinski definition) is 3. The van der Waals surface area contributed by atoms with E-state index in [9.17, 15) is 13.2 Å². The van der Waals surface area contributed by atoms with Crippen molar-refractivity contribution in [1.29, 1.82) is 0 Å². The third-order valence-corrected chi connectivity index (χ3v) is 4.12. The molecule has 1 saturated heterocycles. The fourth-order valence-corrected chi connectivity index (χ4v) is 3.00. The van der Waals surface area contributed by atoms with Crippen LogP contribution in [0.2, 0.25) is 0 Å². The van der Waals surface area contributed by atoms with Crippen molar-refractivity contribution in [2.45, 2.75) is 30.1 Å². The lowest BCUT2D eigenvalue weighted by molar-refractivity contribution is -0.275. The van der Waals surface area contributed by atoms with E-state index >= 15 is 0 Å². The average molecular weight is 293 g/mol. The van der Waals surface area contributed by atoms with Gasteiger partial charge < -0.3 is 10.5 Å². The van der Waals surface area contributed by atoms with Crippen molar-refractivity contribution in [3.05, 3.63) is 24.3 Å². The van der Waals surface area contributed by atoms with Crippen molar-refractivity contribution in [2.24, 2.45) is 5.73 Å². The summed E-state index contributed by atoms with van der Waals surface area (Å²) in [6.45, 7) is 1.59. The third-order valence-electron chi connectivity index (χ3n) is 2.86. The molecule has 2 rings (SSSR count). The van der Waals surface area contributed by atoms with Crippen LogP contribution in [0.3, 0.4) is 0 Å². The van der Waals surface area contributed by atoms with E-state index in [2.05, 4.69) is 9.04 Å². The Bertz CT molecular complexity index is 420. The molecule has 1 aliphatic heterocycles. The molecule has 0 aromatic heterocycles. The second-order valence-corrected chi connectivity index (χ2v) is 5.65. The lowest BCUT2D eigenvalue weighted by Gasteiger charge is -2.23. The van der Waals surface area contributed by atoms with Crippen molar-refractivity contribution in [1.82, 2.24) is 4.31 Å². The van der Waals surface area contributed by atoms with E-state index in [0.29, 0.717) is 4.90 Å². The summed E-state index contributed by atoms with van der Waals surface area (Å²) < 4.78 is 43.0. The maximum atomic E-state index is 12.3. The maximum absolute atomic E-state index is 12.3. The first-order valence-corrected chi connectivity index (χ1v) is 6.86. The SMILES string of the molecule is NC1CCN([SH+]c2ccccc2OC(F)(F)F)CC1. The number of nitrogens with two attached hydrogens (primary N) is 1. The number of benzene rings is 1. The van der Waals surface area contributed by atoms with Gasteiger partial charge in [0.05, 0.1) is 0 Å². The number of alkyl halides is 3. The van der Waals surface area contributed by atoms with Gasteiger partial charge in [-0.25, -0.2) is 0 Å². The lowest BCUT2D eigenvalue weighted by Crippen LogP contribution is -2.38. The van der Waals surface area contributed by atoms with Gasteiger partial charge in [0.15, 0.2) is 5.75 Å². The van der Waals surface area contributed by atoms with Crippen LogP contribution in [0.4, 0.5) is 13.2 Å². The molecule has 19 heavy (non-hydrogen) atoms. The highest BCUT2D eigenvalue weighted by Crippen LogP contribution is 2.28. The Hall–Kier alpha value is -0.920. The Morgan fingerprint density at radius 1 is 1.21 bits per heavy atom. The predicted molar refractivity (Wildman–Crippen MR) is 68.9 cm³/mol. The minimum atomic E-state index is -4.66. The summed E-state index contributed by atoms with van der Waals surface area (Å²) in [7, 11) is 0. The molecule has 0 bridgehead atoms. The van der Waals surface area contributed by atoms with Gasteiger partial charge in [-0.2, -0.15) is 0 Å². The molecule has 1 heterocycles. The van der Waals surface area contributed by atoms with Crippen LogP contribution in [-0.4, -0.2) is 29.8 Å². The van der Waals surface area contributed by atoms with Gasteiger partial charge in [-0.1, -0.05) is 12.1 Å². The predicted octanol–water partition coefficient (Wildman–Crippen LogP) is 2.10. The maximum Gasteiger partial charge on any atom is 0.573 e. The molecule has 0 amide bonds. The summed E-state index contributed by atoms with van der Waals surface area (Å²) in [6, 6.07) is 6.43. The van der Waals surface area contributed by atoms with Crippen LogP contribution >= 0.6 is 0 Å². The highest BCUT2D eigenvalue weighted by molar-refractivity contribution is 7.76. The summed E-state index contributed by atoms with van der Waals surface area (Å²) in [6.07, 6.45) is -2.92. The van der Waals surface area contributed by atoms with E-state index in [1.807, 2.05) is 0 Å². The van der Waals surface area contributed by atoms with Crippen LogP contribution in [0.15, 0.2) is 29.2 Å². The largest absolute Gasteiger partial charge is 0.573 e. The molecule has 0 atom stereocenters. The van der Waals surface area contributed by atoms with Crippen molar-refractivity contribution < 1.29 is 17.9 Å². The number of halogens is 3. The Kier molecular flexibility index (Phi) is 4.59. The second kappa shape index (κ2) is 6.02. The molecule has 0 unspecified atom stereocenters. The van der Waals surface area contributed by atoms with Gasteiger partial charge in [0.25, 0.3) is 0 Å². The van der Waals surface area contributed by atoms with Gasteiger partial charge >= 0.3 is 6.36 Å². The van der Waals surface area contributed by atoms with Gasteiger partial charge in [0, 0.05) is 19.1 Å². The molecule has 0 spiro atoms. The van der Waals surface area contributed by atoms with Gasteiger partial charge in [0.1, 0.15) is 11.9 Å². The van der Waals surface area contributed by atoms with Crippen LogP contribution in [0.5, 0.6) is 5.75 Å². The Morgan fingerprint density at radius 3 is 2.47 bits per heavy atom. The molecule has 1 aromatic carbocycles. The number of para-hydroxylation sites is 1. The molecule has 7 heteroatoms. The minimum absolute atomic E-state index is 0.133. The van der Waals surface area contributed by atoms with Crippen LogP contribution in [0.1, 0.15) is 12.8 Å². The molecule has 0 aliphatic carbocycles. The van der Waals surface area contributed by atoms with Gasteiger partial charge in [-0.05, 0) is 25.0 Å². The van der Waals surface area contributed by atoms with Crippen LogP contribution in [-0.2, 0) is 11.9 Å². The second-order valence-electron chi connectivity index (χ2n) is 4.41. The van der Waals surface area contributed by atoms with E-state index < -0.39 is 6.36 Å². The van der Waals surface area contributed by atoms with Crippen LogP contribution in [0, 0.1) is 0 Å². The zero-order valence-corrected chi connectivity index (χ0v) is 11.1. The lowest BCUT2D eigenvalue weighted by atomic mass is 10.1. The molecule has 0 saturated carbocycles. The van der Waals surface area contributed by atoms with E-state index in [1.54, 1.807) is 12.1 Å². The summed E-state index contributed by atoms with van der Waals surface area (Å²) in [4.78, 5) is 0.523. The standard InChI is InChI=1S/C12H15F3N2OS/c13-12(14,15)18-10-3-1-2-4-11(10)19-17-7-5-9(16)6-8-17/h1-4,9H,5-8,16H2/p+1. The Morgan fingerprint density at radius 2 is 1.84 bits per heavy atom. The number of ether oxygens (including phenoxy) is 1. The third kappa shape index (κ3) is 4.59. The highest BCUT2D eigenvalue weighted by atomic mass is 32.2. The fourth-order valence-electron chi connectivity index (χ4n) is 1.89. The number of piperidine rings is 1. The van der Waals surface area contributed by atoms with Crippen molar-refractivity contribution in [3.8, 4) is 5.75 Å². The van der Waals surface area contributed by atoms with E-state index in [1.165, 1.54) is 12.1 Å². The zero-order valence-electron chi connectivity index (χ0n) is 10.2. The van der Waals surface area contributed by atoms with Crippen LogP contribution in [0.25, 0.3) is 0 Å². The first-order valence-electron chi connectivity index (χ1n) is 6.01. The highest BCUT2D eigenvalue weighted by Gasteiger charge is 2.34. The number of rotatable bonds is 3. The smallest absolute Gasteiger partial charge is 0.400 e. The molecule has 106 valence electrons. The summed E-state index contributed by atoms with van der Waals surface area (Å²) in [5, 5.41) is 0. The quantitative estimate of drug-likeness (QED) is 0.685. The normalized spacial score (nSPS) is 18.5. The molecule has 0 radical (unpaired) electrons. The zero-order chi connectivity index (χ0) is 13.9. The summed E-state index contributed by atoms with van der Waals surface area (Å²) >= 11 is 0.734. The van der Waals surface area contributed by atoms with Gasteiger partial charge in [0.2, 0.25) is 4.90 Å². The van der Waals surface area contributed by atoms with E-state index in [-0.39, 0.29) is 11.8 Å². The van der Waals surface area contributed by atoms with E-state index in [0.717, 1.165) is 37.9 Å². The Labute approximate surface area is 114 Å². The number of nitrogens with zero attached hydrogens (tertiary/aromatic N) is 1. The van der Waals surface area contributed by atoms with Crippen molar-refractivity contribution in [2.75, 3.05) is 13.1 Å². The number of thiol groups is 1. The van der Waals surface area contributed by atoms with E-state index in [4.69, 9.17) is 5.73 Å². The minimum Gasteiger partial charge on any atom is -0.400 e. The molecule has 1 aromatic rings. The van der Waals surface area contributed by atoms with Crippen molar-refractivity contribution >= 4 is 11.9 Å². The molecule has 1 fully saturated rings. The van der Waals surface area contributed by atoms with Crippen LogP contribution < -0.4 is 10.5 Å². The number of hydrogen-bond donors (Lipinski definition) is 1. The first-order chi connectivity index (χ1) is 8.94. The van der Waals surface area contributed by atoms with Crippen molar-refractivity contribution in [3.63, 3.8) is 0 Å².